The van der Waals surface area contributed by atoms with Gasteiger partial charge in [0.1, 0.15) is 12.2 Å². The minimum atomic E-state index is -1.69. The number of aryl methyl sites for hydroxylation is 1. The van der Waals surface area contributed by atoms with Gasteiger partial charge in [0.15, 0.2) is 0 Å². The number of ether oxygens (including phenoxy) is 2. The third-order valence-corrected chi connectivity index (χ3v) is 4.46. The van der Waals surface area contributed by atoms with Crippen LogP contribution in [0.25, 0.3) is 0 Å². The van der Waals surface area contributed by atoms with Crippen molar-refractivity contribution in [2.24, 2.45) is 0 Å². The predicted molar refractivity (Wildman–Crippen MR) is 115 cm³/mol. The maximum absolute atomic E-state index is 12.7. The molecule has 1 aliphatic heterocycles. The molecule has 0 radical (unpaired) electrons. The number of rotatable bonds is 3. The maximum Gasteiger partial charge on any atom is 0.410 e. The highest BCUT2D eigenvalue weighted by molar-refractivity contribution is 6.67. The maximum atomic E-state index is 12.7. The van der Waals surface area contributed by atoms with Crippen LogP contribution in [0.15, 0.2) is 35.9 Å². The van der Waals surface area contributed by atoms with Gasteiger partial charge < -0.3 is 9.47 Å². The number of amides is 1. The highest BCUT2D eigenvalue weighted by Gasteiger charge is 2.27. The Bertz CT molecular complexity index is 766. The van der Waals surface area contributed by atoms with E-state index in [9.17, 15) is 9.59 Å². The fraction of sp³-hybridized carbons (Fsp3) is 0.524. The summed E-state index contributed by atoms with van der Waals surface area (Å²) in [5, 5.41) is 0. The lowest BCUT2D eigenvalue weighted by Gasteiger charge is -2.25. The van der Waals surface area contributed by atoms with Crippen molar-refractivity contribution in [1.82, 2.24) is 4.90 Å². The minimum absolute atomic E-state index is 0.0991. The lowest BCUT2D eigenvalue weighted by Crippen LogP contribution is -2.35. The number of carbonyl (C=O) groups is 2. The molecule has 2 rings (SSSR count). The first-order chi connectivity index (χ1) is 13.4. The number of nitrogens with zero attached hydrogens (tertiary/aromatic N) is 1. The summed E-state index contributed by atoms with van der Waals surface area (Å²) in [6, 6.07) is 7.90. The van der Waals surface area contributed by atoms with E-state index in [2.05, 4.69) is 0 Å². The monoisotopic (exact) mass is 461 g/mol. The number of hydrogen-bond donors (Lipinski definition) is 0. The van der Waals surface area contributed by atoms with Crippen LogP contribution in [0, 0.1) is 0 Å². The van der Waals surface area contributed by atoms with Gasteiger partial charge in [-0.05, 0) is 50.3 Å². The summed E-state index contributed by atoms with van der Waals surface area (Å²) in [5.74, 6) is -0.338. The molecule has 0 saturated heterocycles. The highest BCUT2D eigenvalue weighted by Crippen LogP contribution is 2.27. The lowest BCUT2D eigenvalue weighted by molar-refractivity contribution is -0.153. The SMILES string of the molecule is CC(C)(C)OC(=O)C/C1=C/CCc2ccccc2CN(C(=O)OCC(Cl)(Cl)Cl)C1. The topological polar surface area (TPSA) is 55.8 Å². The van der Waals surface area contributed by atoms with Gasteiger partial charge in [0, 0.05) is 13.1 Å². The third kappa shape index (κ3) is 8.85. The van der Waals surface area contributed by atoms with E-state index in [-0.39, 0.29) is 25.5 Å². The van der Waals surface area contributed by atoms with E-state index in [4.69, 9.17) is 44.3 Å². The van der Waals surface area contributed by atoms with E-state index >= 15 is 0 Å². The van der Waals surface area contributed by atoms with Crippen LogP contribution in [-0.2, 0) is 27.2 Å². The molecule has 0 aliphatic carbocycles. The number of hydrogen-bond acceptors (Lipinski definition) is 4. The Kier molecular flexibility index (Phi) is 8.27. The first-order valence-electron chi connectivity index (χ1n) is 9.38. The lowest BCUT2D eigenvalue weighted by atomic mass is 10.0. The molecule has 29 heavy (non-hydrogen) atoms. The van der Waals surface area contributed by atoms with Crippen LogP contribution in [0.1, 0.15) is 44.7 Å². The summed E-state index contributed by atoms with van der Waals surface area (Å²) >= 11 is 17.1. The summed E-state index contributed by atoms with van der Waals surface area (Å²) in [4.78, 5) is 26.5. The first kappa shape index (κ1) is 23.8. The van der Waals surface area contributed by atoms with Gasteiger partial charge in [0.25, 0.3) is 0 Å². The Balaban J connectivity index is 2.20. The Labute approximate surface area is 186 Å². The zero-order chi connectivity index (χ0) is 21.7. The molecule has 1 aliphatic rings. The van der Waals surface area contributed by atoms with Crippen molar-refractivity contribution in [2.45, 2.75) is 56.0 Å². The van der Waals surface area contributed by atoms with Gasteiger partial charge in [-0.1, -0.05) is 65.1 Å². The predicted octanol–water partition coefficient (Wildman–Crippen LogP) is 5.60. The smallest absolute Gasteiger partial charge is 0.410 e. The van der Waals surface area contributed by atoms with Crippen LogP contribution in [-0.4, -0.2) is 39.5 Å². The van der Waals surface area contributed by atoms with Crippen molar-refractivity contribution < 1.29 is 19.1 Å². The molecule has 0 spiro atoms. The zero-order valence-corrected chi connectivity index (χ0v) is 19.1. The average Bonchev–Trinajstić information content (AvgIpc) is 2.66. The molecule has 0 saturated carbocycles. The van der Waals surface area contributed by atoms with Crippen molar-refractivity contribution in [2.75, 3.05) is 13.2 Å². The molecule has 1 aromatic rings. The van der Waals surface area contributed by atoms with E-state index in [1.165, 1.54) is 4.90 Å². The van der Waals surface area contributed by atoms with Crippen molar-refractivity contribution in [3.63, 3.8) is 0 Å². The Morgan fingerprint density at radius 3 is 2.34 bits per heavy atom. The molecular formula is C21H26Cl3NO4. The molecule has 0 bridgehead atoms. The van der Waals surface area contributed by atoms with Gasteiger partial charge >= 0.3 is 12.1 Å². The number of benzene rings is 1. The molecular weight excluding hydrogens is 437 g/mol. The fourth-order valence-corrected chi connectivity index (χ4v) is 3.18. The molecule has 0 fully saturated rings. The minimum Gasteiger partial charge on any atom is -0.460 e. The molecule has 1 aromatic carbocycles. The van der Waals surface area contributed by atoms with E-state index in [1.54, 1.807) is 0 Å². The Morgan fingerprint density at radius 2 is 1.72 bits per heavy atom. The third-order valence-electron chi connectivity index (χ3n) is 4.13. The average molecular weight is 463 g/mol. The molecule has 8 heteroatoms. The number of halogens is 3. The normalized spacial score (nSPS) is 17.2. The van der Waals surface area contributed by atoms with E-state index in [0.29, 0.717) is 6.54 Å². The van der Waals surface area contributed by atoms with Crippen molar-refractivity contribution >= 4 is 46.9 Å². The molecule has 160 valence electrons. The number of carbonyl (C=O) groups excluding carboxylic acids is 2. The highest BCUT2D eigenvalue weighted by atomic mass is 35.6. The second kappa shape index (κ2) is 10.1. The second-order valence-electron chi connectivity index (χ2n) is 7.96. The van der Waals surface area contributed by atoms with Crippen molar-refractivity contribution in [3.8, 4) is 0 Å². The second-order valence-corrected chi connectivity index (χ2v) is 10.5. The van der Waals surface area contributed by atoms with Crippen molar-refractivity contribution in [1.29, 1.82) is 0 Å². The molecule has 1 heterocycles. The molecule has 1 amide bonds. The van der Waals surface area contributed by atoms with Gasteiger partial charge in [0.05, 0.1) is 6.42 Å². The van der Waals surface area contributed by atoms with E-state index in [0.717, 1.165) is 29.5 Å². The van der Waals surface area contributed by atoms with Gasteiger partial charge in [0.2, 0.25) is 3.79 Å². The van der Waals surface area contributed by atoms with Gasteiger partial charge in [-0.25, -0.2) is 4.79 Å². The summed E-state index contributed by atoms with van der Waals surface area (Å²) in [5.41, 5.74) is 2.37. The first-order valence-corrected chi connectivity index (χ1v) is 10.5. The molecule has 0 N–H and O–H groups in total. The van der Waals surface area contributed by atoms with Gasteiger partial charge in [-0.3, -0.25) is 9.69 Å². The summed E-state index contributed by atoms with van der Waals surface area (Å²) < 4.78 is 8.91. The standard InChI is InChI=1S/C21H26Cl3NO4/c1-20(2,3)29-18(26)11-15-7-6-10-16-8-4-5-9-17(16)13-25(12-15)19(27)28-14-21(22,23)24/h4-5,7-9H,6,10-14H2,1-3H3/b15-7-. The van der Waals surface area contributed by atoms with Crippen LogP contribution < -0.4 is 0 Å². The van der Waals surface area contributed by atoms with Gasteiger partial charge in [-0.2, -0.15) is 0 Å². The number of alkyl halides is 3. The molecule has 0 unspecified atom stereocenters. The molecule has 0 atom stereocenters. The summed E-state index contributed by atoms with van der Waals surface area (Å²) in [6.45, 7) is 5.66. The largest absolute Gasteiger partial charge is 0.460 e. The molecule has 0 aromatic heterocycles. The van der Waals surface area contributed by atoms with E-state index in [1.807, 2.05) is 51.1 Å². The number of esters is 1. The summed E-state index contributed by atoms with van der Waals surface area (Å²) in [7, 11) is 0. The van der Waals surface area contributed by atoms with Crippen LogP contribution >= 0.6 is 34.8 Å². The Hall–Kier alpha value is -1.43. The fourth-order valence-electron chi connectivity index (χ4n) is 3.01. The zero-order valence-electron chi connectivity index (χ0n) is 16.8. The summed E-state index contributed by atoms with van der Waals surface area (Å²) in [6.07, 6.45) is 3.04. The Morgan fingerprint density at radius 1 is 1.07 bits per heavy atom. The quantitative estimate of drug-likeness (QED) is 0.333. The van der Waals surface area contributed by atoms with Crippen LogP contribution in [0.3, 0.4) is 0 Å². The van der Waals surface area contributed by atoms with Crippen LogP contribution in [0.2, 0.25) is 0 Å². The number of allylic oxidation sites excluding steroid dienone is 1. The van der Waals surface area contributed by atoms with Gasteiger partial charge in [-0.15, -0.1) is 0 Å². The number of fused-ring (bicyclic) bond motifs is 1. The van der Waals surface area contributed by atoms with Crippen LogP contribution in [0.4, 0.5) is 4.79 Å². The van der Waals surface area contributed by atoms with E-state index < -0.39 is 15.5 Å². The molecule has 5 nitrogen and oxygen atoms in total. The van der Waals surface area contributed by atoms with Crippen molar-refractivity contribution in [3.05, 3.63) is 47.0 Å². The van der Waals surface area contributed by atoms with Crippen LogP contribution in [0.5, 0.6) is 0 Å².